The quantitative estimate of drug-likeness (QED) is 0.336. The summed E-state index contributed by atoms with van der Waals surface area (Å²) in [5.74, 6) is -2.54. The Morgan fingerprint density at radius 1 is 1.12 bits per heavy atom. The Hall–Kier alpha value is -2.63. The van der Waals surface area contributed by atoms with E-state index in [2.05, 4.69) is 5.10 Å². The molecule has 1 N–H and O–H groups in total. The molecule has 0 bridgehead atoms. The molecule has 2 aliphatic carbocycles. The predicted octanol–water partition coefficient (Wildman–Crippen LogP) is 6.84. The van der Waals surface area contributed by atoms with Crippen LogP contribution in [0.4, 0.5) is 13.2 Å². The van der Waals surface area contributed by atoms with Crippen LogP contribution in [0.15, 0.2) is 24.4 Å². The number of benzene rings is 1. The second kappa shape index (κ2) is 11.5. The molecule has 1 aliphatic heterocycles. The molecule has 1 aromatic carbocycles. The largest absolute Gasteiger partial charge is 0.481 e. The van der Waals surface area contributed by atoms with Gasteiger partial charge in [-0.1, -0.05) is 29.3 Å². The highest BCUT2D eigenvalue weighted by Crippen LogP contribution is 2.45. The first-order chi connectivity index (χ1) is 19.7. The van der Waals surface area contributed by atoms with Gasteiger partial charge in [0.15, 0.2) is 11.5 Å². The molecule has 228 valence electrons. The van der Waals surface area contributed by atoms with E-state index in [1.807, 2.05) is 0 Å². The minimum Gasteiger partial charge on any atom is -0.481 e. The van der Waals surface area contributed by atoms with Crippen molar-refractivity contribution in [2.75, 3.05) is 13.2 Å². The van der Waals surface area contributed by atoms with Crippen LogP contribution in [0.5, 0.6) is 0 Å². The number of hydrogen-bond donors (Lipinski definition) is 1. The Bertz CT molecular complexity index is 1360. The minimum atomic E-state index is -4.93. The van der Waals surface area contributed by atoms with Gasteiger partial charge in [-0.3, -0.25) is 19.1 Å². The zero-order chi connectivity index (χ0) is 30.4. The van der Waals surface area contributed by atoms with E-state index in [4.69, 9.17) is 27.9 Å². The van der Waals surface area contributed by atoms with Crippen molar-refractivity contribution in [3.05, 3.63) is 51.3 Å². The van der Waals surface area contributed by atoms with Crippen molar-refractivity contribution < 1.29 is 37.4 Å². The summed E-state index contributed by atoms with van der Waals surface area (Å²) in [6.07, 6.45) is -0.0895. The van der Waals surface area contributed by atoms with Crippen LogP contribution in [0.1, 0.15) is 97.2 Å². The van der Waals surface area contributed by atoms with E-state index in [1.54, 1.807) is 13.0 Å². The zero-order valence-electron chi connectivity index (χ0n) is 23.1. The summed E-state index contributed by atoms with van der Waals surface area (Å²) in [5.41, 5.74) is -3.34. The van der Waals surface area contributed by atoms with Crippen LogP contribution in [0.2, 0.25) is 10.0 Å². The molecule has 13 heteroatoms. The summed E-state index contributed by atoms with van der Waals surface area (Å²) in [6.45, 7) is 1.37. The molecule has 0 radical (unpaired) electrons. The summed E-state index contributed by atoms with van der Waals surface area (Å²) >= 11 is 12.5. The standard InChI is InChI=1S/C29H32Cl2F3N3O5/c1-27(26(40)41)11-6-17(7-12-27)37-24(29(32,33)34)19(15-35-37)25(39)36(18-8-13-42-28(14-18)9-3-10-28)16-22(38)23-20(30)4-2-5-21(23)31/h2,4-5,15,17-18H,3,6-14,16H2,1H3,(H,40,41)/t17?,18-,27?/m0/s1. The number of carboxylic acids is 1. The normalized spacial score (nSPS) is 25.6. The molecule has 42 heavy (non-hydrogen) atoms. The van der Waals surface area contributed by atoms with E-state index in [1.165, 1.54) is 17.0 Å². The van der Waals surface area contributed by atoms with Crippen molar-refractivity contribution in [3.63, 3.8) is 0 Å². The molecule has 5 rings (SSSR count). The number of rotatable bonds is 7. The highest BCUT2D eigenvalue weighted by Gasteiger charge is 2.48. The molecule has 0 unspecified atom stereocenters. The molecule has 3 fully saturated rings. The number of carboxylic acid groups (broad SMARTS) is 1. The van der Waals surface area contributed by atoms with E-state index < -0.39 is 64.7 Å². The fourth-order valence-electron chi connectivity index (χ4n) is 6.48. The molecule has 2 aromatic rings. The number of ketones is 1. The highest BCUT2D eigenvalue weighted by atomic mass is 35.5. The Balaban J connectivity index is 1.50. The third-order valence-electron chi connectivity index (χ3n) is 9.20. The van der Waals surface area contributed by atoms with Gasteiger partial charge in [-0.05, 0) is 76.8 Å². The summed E-state index contributed by atoms with van der Waals surface area (Å²) in [5, 5.41) is 13.7. The van der Waals surface area contributed by atoms with Gasteiger partial charge in [0.25, 0.3) is 5.91 Å². The van der Waals surface area contributed by atoms with Crippen LogP contribution in [-0.2, 0) is 15.7 Å². The highest BCUT2D eigenvalue weighted by molar-refractivity contribution is 6.40. The van der Waals surface area contributed by atoms with Crippen molar-refractivity contribution in [3.8, 4) is 0 Å². The van der Waals surface area contributed by atoms with Crippen LogP contribution >= 0.6 is 23.2 Å². The second-order valence-corrected chi connectivity index (χ2v) is 12.7. The Morgan fingerprint density at radius 3 is 2.31 bits per heavy atom. The molecule has 1 atom stereocenters. The number of Topliss-reactive ketones (excluding diaryl/α,β-unsaturated/α-hetero) is 1. The number of carbonyl (C=O) groups excluding carboxylic acids is 2. The SMILES string of the molecule is CC1(C(=O)O)CCC(n2ncc(C(=O)N(CC(=O)c3c(Cl)cccc3Cl)[C@H]3CCOC4(CCC4)C3)c2C(F)(F)F)CC1. The van der Waals surface area contributed by atoms with Crippen LogP contribution in [0.25, 0.3) is 0 Å². The summed E-state index contributed by atoms with van der Waals surface area (Å²) in [6, 6.07) is 3.25. The number of aromatic nitrogens is 2. The van der Waals surface area contributed by atoms with E-state index in [-0.39, 0.29) is 41.3 Å². The van der Waals surface area contributed by atoms with E-state index in [0.29, 0.717) is 19.4 Å². The van der Waals surface area contributed by atoms with E-state index in [0.717, 1.165) is 30.1 Å². The van der Waals surface area contributed by atoms with Crippen LogP contribution in [0.3, 0.4) is 0 Å². The topological polar surface area (TPSA) is 102 Å². The summed E-state index contributed by atoms with van der Waals surface area (Å²) < 4.78 is 50.7. The lowest BCUT2D eigenvalue weighted by Gasteiger charge is -2.49. The monoisotopic (exact) mass is 629 g/mol. The summed E-state index contributed by atoms with van der Waals surface area (Å²) in [7, 11) is 0. The number of aliphatic carboxylic acids is 1. The number of ether oxygens (including phenoxy) is 1. The van der Waals surface area contributed by atoms with E-state index in [9.17, 15) is 32.7 Å². The van der Waals surface area contributed by atoms with Crippen LogP contribution in [-0.4, -0.2) is 62.2 Å². The number of nitrogens with zero attached hydrogens (tertiary/aromatic N) is 3. The number of hydrogen-bond acceptors (Lipinski definition) is 5. The minimum absolute atomic E-state index is 0.000486. The van der Waals surface area contributed by atoms with Crippen molar-refractivity contribution >= 4 is 40.9 Å². The Kier molecular flexibility index (Phi) is 8.41. The maximum absolute atomic E-state index is 14.6. The van der Waals surface area contributed by atoms with Crippen molar-refractivity contribution in [1.82, 2.24) is 14.7 Å². The third-order valence-corrected chi connectivity index (χ3v) is 9.83. The molecule has 1 spiro atoms. The zero-order valence-corrected chi connectivity index (χ0v) is 24.6. The van der Waals surface area contributed by atoms with Crippen molar-refractivity contribution in [1.29, 1.82) is 0 Å². The second-order valence-electron chi connectivity index (χ2n) is 11.9. The lowest BCUT2D eigenvalue weighted by molar-refractivity contribution is -0.152. The van der Waals surface area contributed by atoms with Crippen molar-refractivity contribution in [2.24, 2.45) is 5.41 Å². The smallest absolute Gasteiger partial charge is 0.433 e. The first-order valence-corrected chi connectivity index (χ1v) is 14.8. The molecule has 1 saturated heterocycles. The van der Waals surface area contributed by atoms with Gasteiger partial charge < -0.3 is 14.7 Å². The van der Waals surface area contributed by atoms with Crippen LogP contribution < -0.4 is 0 Å². The fraction of sp³-hybridized carbons (Fsp3) is 0.586. The van der Waals surface area contributed by atoms with E-state index >= 15 is 0 Å². The first-order valence-electron chi connectivity index (χ1n) is 14.0. The number of halogens is 5. The predicted molar refractivity (Wildman–Crippen MR) is 148 cm³/mol. The van der Waals surface area contributed by atoms with Gasteiger partial charge in [0.05, 0.1) is 51.0 Å². The Labute approximate surface area is 251 Å². The molecule has 2 saturated carbocycles. The summed E-state index contributed by atoms with van der Waals surface area (Å²) in [4.78, 5) is 40.4. The fourth-order valence-corrected chi connectivity index (χ4v) is 7.09. The molecule has 3 aliphatic rings. The number of amides is 1. The van der Waals surface area contributed by atoms with Crippen LogP contribution in [0, 0.1) is 5.41 Å². The van der Waals surface area contributed by atoms with Gasteiger partial charge in [-0.2, -0.15) is 18.3 Å². The van der Waals surface area contributed by atoms with Gasteiger partial charge in [0, 0.05) is 12.6 Å². The molecule has 8 nitrogen and oxygen atoms in total. The molecular formula is C29H32Cl2F3N3O5. The number of alkyl halides is 3. The lowest BCUT2D eigenvalue weighted by Crippen LogP contribution is -2.54. The third kappa shape index (κ3) is 5.79. The van der Waals surface area contributed by atoms with Gasteiger partial charge >= 0.3 is 12.1 Å². The van der Waals surface area contributed by atoms with Gasteiger partial charge in [-0.25, -0.2) is 0 Å². The molecular weight excluding hydrogens is 598 g/mol. The number of carbonyl (C=O) groups is 3. The lowest BCUT2D eigenvalue weighted by atomic mass is 9.73. The Morgan fingerprint density at radius 2 is 1.76 bits per heavy atom. The average molecular weight is 630 g/mol. The maximum atomic E-state index is 14.6. The van der Waals surface area contributed by atoms with Crippen molar-refractivity contribution in [2.45, 2.75) is 88.6 Å². The molecule has 1 aromatic heterocycles. The van der Waals surface area contributed by atoms with Gasteiger partial charge in [0.1, 0.15) is 0 Å². The first kappa shape index (κ1) is 30.8. The average Bonchev–Trinajstić information content (AvgIpc) is 3.37. The molecule has 2 heterocycles. The maximum Gasteiger partial charge on any atom is 0.433 e. The molecule has 1 amide bonds. The van der Waals surface area contributed by atoms with Gasteiger partial charge in [0.2, 0.25) is 0 Å². The van der Waals surface area contributed by atoms with Gasteiger partial charge in [-0.15, -0.1) is 0 Å².